The van der Waals surface area contributed by atoms with E-state index >= 15 is 0 Å². The van der Waals surface area contributed by atoms with Crippen LogP contribution >= 0.6 is 0 Å². The molecule has 0 aliphatic carbocycles. The van der Waals surface area contributed by atoms with E-state index in [9.17, 15) is 13.2 Å². The van der Waals surface area contributed by atoms with Crippen molar-refractivity contribution in [1.82, 2.24) is 4.72 Å². The Morgan fingerprint density at radius 2 is 1.90 bits per heavy atom. The fraction of sp³-hybridized carbons (Fsp3) is 0.190. The maximum absolute atomic E-state index is 12.5. The number of rotatable bonds is 8. The van der Waals surface area contributed by atoms with Gasteiger partial charge in [-0.15, -0.1) is 0 Å². The zero-order chi connectivity index (χ0) is 20.9. The first-order valence-corrected chi connectivity index (χ1v) is 10.4. The molecule has 0 fully saturated rings. The Morgan fingerprint density at radius 1 is 1.07 bits per heavy atom. The van der Waals surface area contributed by atoms with Crippen LogP contribution in [0.3, 0.4) is 0 Å². The van der Waals surface area contributed by atoms with Gasteiger partial charge in [-0.25, -0.2) is 13.1 Å². The van der Waals surface area contributed by atoms with E-state index in [-0.39, 0.29) is 24.0 Å². The van der Waals surface area contributed by atoms with Crippen LogP contribution in [0.25, 0.3) is 0 Å². The van der Waals surface area contributed by atoms with Gasteiger partial charge in [0.05, 0.1) is 17.7 Å². The van der Waals surface area contributed by atoms with Crippen molar-refractivity contribution in [2.45, 2.75) is 25.3 Å². The maximum atomic E-state index is 12.5. The molecule has 7 nitrogen and oxygen atoms in total. The second-order valence-corrected chi connectivity index (χ2v) is 8.30. The van der Waals surface area contributed by atoms with Crippen LogP contribution in [-0.4, -0.2) is 20.9 Å². The van der Waals surface area contributed by atoms with E-state index in [1.807, 2.05) is 32.0 Å². The summed E-state index contributed by atoms with van der Waals surface area (Å²) in [5.74, 6) is 0.754. The first-order chi connectivity index (χ1) is 13.8. The third-order valence-corrected chi connectivity index (χ3v) is 5.55. The van der Waals surface area contributed by atoms with Gasteiger partial charge >= 0.3 is 0 Å². The van der Waals surface area contributed by atoms with Gasteiger partial charge in [-0.1, -0.05) is 18.2 Å². The first kappa shape index (κ1) is 20.6. The van der Waals surface area contributed by atoms with Crippen LogP contribution in [0.1, 0.15) is 16.9 Å². The normalized spacial score (nSPS) is 11.2. The number of anilines is 1. The van der Waals surface area contributed by atoms with E-state index in [2.05, 4.69) is 10.0 Å². The maximum Gasteiger partial charge on any atom is 0.262 e. The van der Waals surface area contributed by atoms with Crippen molar-refractivity contribution in [2.24, 2.45) is 0 Å². The number of aryl methyl sites for hydroxylation is 2. The summed E-state index contributed by atoms with van der Waals surface area (Å²) in [6.45, 7) is 3.70. The van der Waals surface area contributed by atoms with E-state index in [0.29, 0.717) is 17.2 Å². The number of carbonyl (C=O) groups is 1. The van der Waals surface area contributed by atoms with Crippen molar-refractivity contribution < 1.29 is 22.4 Å². The third kappa shape index (κ3) is 5.69. The highest BCUT2D eigenvalue weighted by Crippen LogP contribution is 2.19. The molecule has 2 N–H and O–H groups in total. The Kier molecular flexibility index (Phi) is 6.36. The fourth-order valence-corrected chi connectivity index (χ4v) is 3.65. The molecule has 3 rings (SSSR count). The zero-order valence-corrected chi connectivity index (χ0v) is 17.0. The standard InChI is InChI=1S/C21H22N2O5S/c1-15-8-9-16(2)20(11-15)28-14-21(24)23-17-5-3-7-19(12-17)29(25,26)22-13-18-6-4-10-27-18/h3-12,22H,13-14H2,1-2H3,(H,23,24). The summed E-state index contributed by atoms with van der Waals surface area (Å²) >= 11 is 0. The lowest BCUT2D eigenvalue weighted by Crippen LogP contribution is -2.24. The molecule has 152 valence electrons. The van der Waals surface area contributed by atoms with Crippen LogP contribution in [0, 0.1) is 13.8 Å². The van der Waals surface area contributed by atoms with Crippen LogP contribution in [0.15, 0.2) is 70.2 Å². The summed E-state index contributed by atoms with van der Waals surface area (Å²) in [5.41, 5.74) is 2.32. The third-order valence-electron chi connectivity index (χ3n) is 4.15. The van der Waals surface area contributed by atoms with Gasteiger partial charge < -0.3 is 14.5 Å². The minimum Gasteiger partial charge on any atom is -0.483 e. The van der Waals surface area contributed by atoms with Crippen LogP contribution < -0.4 is 14.8 Å². The molecule has 0 radical (unpaired) electrons. The van der Waals surface area contributed by atoms with Crippen LogP contribution in [0.5, 0.6) is 5.75 Å². The van der Waals surface area contributed by atoms with Gasteiger partial charge in [-0.2, -0.15) is 0 Å². The van der Waals surface area contributed by atoms with E-state index in [0.717, 1.165) is 11.1 Å². The summed E-state index contributed by atoms with van der Waals surface area (Å²) in [7, 11) is -3.75. The van der Waals surface area contributed by atoms with E-state index in [4.69, 9.17) is 9.15 Å². The van der Waals surface area contributed by atoms with Crippen molar-refractivity contribution in [3.63, 3.8) is 0 Å². The monoisotopic (exact) mass is 414 g/mol. The van der Waals surface area contributed by atoms with Crippen molar-refractivity contribution in [3.8, 4) is 5.75 Å². The Labute approximate surface area is 169 Å². The van der Waals surface area contributed by atoms with Crippen LogP contribution in [0.2, 0.25) is 0 Å². The second-order valence-electron chi connectivity index (χ2n) is 6.54. The lowest BCUT2D eigenvalue weighted by molar-refractivity contribution is -0.118. The molecule has 0 saturated heterocycles. The minimum atomic E-state index is -3.75. The lowest BCUT2D eigenvalue weighted by Gasteiger charge is -2.11. The molecule has 1 heterocycles. The second kappa shape index (κ2) is 8.93. The summed E-state index contributed by atoms with van der Waals surface area (Å²) < 4.78 is 38.1. The van der Waals surface area contributed by atoms with Crippen LogP contribution in [0.4, 0.5) is 5.69 Å². The van der Waals surface area contributed by atoms with Crippen molar-refractivity contribution in [3.05, 3.63) is 77.7 Å². The van der Waals surface area contributed by atoms with Gasteiger partial charge in [0, 0.05) is 5.69 Å². The Balaban J connectivity index is 1.61. The van der Waals surface area contributed by atoms with Crippen molar-refractivity contribution >= 4 is 21.6 Å². The summed E-state index contributed by atoms with van der Waals surface area (Å²) in [5, 5.41) is 2.65. The SMILES string of the molecule is Cc1ccc(C)c(OCC(=O)Nc2cccc(S(=O)(=O)NCc3ccco3)c2)c1. The molecular weight excluding hydrogens is 392 g/mol. The average molecular weight is 414 g/mol. The molecule has 0 unspecified atom stereocenters. The number of sulfonamides is 1. The van der Waals surface area contributed by atoms with Gasteiger partial charge in [0.25, 0.3) is 5.91 Å². The number of hydrogen-bond acceptors (Lipinski definition) is 5. The number of hydrogen-bond donors (Lipinski definition) is 2. The molecule has 3 aromatic rings. The molecular formula is C21H22N2O5S. The van der Waals surface area contributed by atoms with Crippen molar-refractivity contribution in [2.75, 3.05) is 11.9 Å². The number of ether oxygens (including phenoxy) is 1. The highest BCUT2D eigenvalue weighted by atomic mass is 32.2. The van der Waals surface area contributed by atoms with Crippen molar-refractivity contribution in [1.29, 1.82) is 0 Å². The highest BCUT2D eigenvalue weighted by Gasteiger charge is 2.15. The fourth-order valence-electron chi connectivity index (χ4n) is 2.61. The molecule has 0 aliphatic rings. The quantitative estimate of drug-likeness (QED) is 0.589. The summed E-state index contributed by atoms with van der Waals surface area (Å²) in [6, 6.07) is 15.1. The predicted octanol–water partition coefficient (Wildman–Crippen LogP) is 3.39. The minimum absolute atomic E-state index is 0.0373. The Hall–Kier alpha value is -3.10. The molecule has 1 amide bonds. The highest BCUT2D eigenvalue weighted by molar-refractivity contribution is 7.89. The van der Waals surface area contributed by atoms with Gasteiger partial charge in [-0.05, 0) is 61.4 Å². The largest absolute Gasteiger partial charge is 0.483 e. The first-order valence-electron chi connectivity index (χ1n) is 8.95. The summed E-state index contributed by atoms with van der Waals surface area (Å²) in [4.78, 5) is 12.2. The topological polar surface area (TPSA) is 97.6 Å². The smallest absolute Gasteiger partial charge is 0.262 e. The number of nitrogens with one attached hydrogen (secondary N) is 2. The Bertz CT molecular complexity index is 1090. The van der Waals surface area contributed by atoms with E-state index in [1.54, 1.807) is 24.3 Å². The molecule has 0 spiro atoms. The molecule has 0 saturated carbocycles. The zero-order valence-electron chi connectivity index (χ0n) is 16.1. The number of furan rings is 1. The van der Waals surface area contributed by atoms with E-state index in [1.165, 1.54) is 18.4 Å². The molecule has 1 aromatic heterocycles. The molecule has 0 bridgehead atoms. The Morgan fingerprint density at radius 3 is 2.66 bits per heavy atom. The molecule has 8 heteroatoms. The molecule has 0 atom stereocenters. The average Bonchev–Trinajstić information content (AvgIpc) is 3.21. The van der Waals surface area contributed by atoms with Gasteiger partial charge in [0.2, 0.25) is 10.0 Å². The molecule has 2 aromatic carbocycles. The molecule has 29 heavy (non-hydrogen) atoms. The summed E-state index contributed by atoms with van der Waals surface area (Å²) in [6.07, 6.45) is 1.47. The molecule has 0 aliphatic heterocycles. The van der Waals surface area contributed by atoms with Gasteiger partial charge in [0.15, 0.2) is 6.61 Å². The van der Waals surface area contributed by atoms with Crippen LogP contribution in [-0.2, 0) is 21.4 Å². The number of benzene rings is 2. The lowest BCUT2D eigenvalue weighted by atomic mass is 10.1. The van der Waals surface area contributed by atoms with Gasteiger partial charge in [0.1, 0.15) is 11.5 Å². The number of carbonyl (C=O) groups excluding carboxylic acids is 1. The number of amides is 1. The van der Waals surface area contributed by atoms with Gasteiger partial charge in [-0.3, -0.25) is 4.79 Å². The van der Waals surface area contributed by atoms with E-state index < -0.39 is 10.0 Å². The predicted molar refractivity (Wildman–Crippen MR) is 109 cm³/mol.